The maximum atomic E-state index is 12.4. The molecular formula is C19H28N2O4. The fourth-order valence-corrected chi connectivity index (χ4v) is 3.44. The van der Waals surface area contributed by atoms with Crippen molar-refractivity contribution in [3.8, 4) is 11.5 Å². The molecule has 0 spiro atoms. The standard InChI is InChI=1S/C19H28N2O4/c1-12-8-13(2)11-21(10-12)19(23)18(22)20-14(3)15-6-7-16(24-4)17(9-15)25-5/h6-7,9,12-14H,8,10-11H2,1-5H3,(H,20,22). The highest BCUT2D eigenvalue weighted by atomic mass is 16.5. The topological polar surface area (TPSA) is 67.9 Å². The van der Waals surface area contributed by atoms with Crippen molar-refractivity contribution in [2.24, 2.45) is 11.8 Å². The summed E-state index contributed by atoms with van der Waals surface area (Å²) >= 11 is 0. The summed E-state index contributed by atoms with van der Waals surface area (Å²) in [5.41, 5.74) is 0.846. The first-order chi connectivity index (χ1) is 11.8. The summed E-state index contributed by atoms with van der Waals surface area (Å²) in [5.74, 6) is 1.03. The van der Waals surface area contributed by atoms with Crippen LogP contribution in [0.4, 0.5) is 0 Å². The fourth-order valence-electron chi connectivity index (χ4n) is 3.44. The zero-order valence-electron chi connectivity index (χ0n) is 15.7. The third kappa shape index (κ3) is 4.65. The number of benzene rings is 1. The van der Waals surface area contributed by atoms with Crippen molar-refractivity contribution in [2.75, 3.05) is 27.3 Å². The monoisotopic (exact) mass is 348 g/mol. The lowest BCUT2D eigenvalue weighted by atomic mass is 9.92. The van der Waals surface area contributed by atoms with Crippen LogP contribution in [0.2, 0.25) is 0 Å². The number of ether oxygens (including phenoxy) is 2. The predicted octanol–water partition coefficient (Wildman–Crippen LogP) is 2.39. The molecular weight excluding hydrogens is 320 g/mol. The lowest BCUT2D eigenvalue weighted by Gasteiger charge is -2.34. The summed E-state index contributed by atoms with van der Waals surface area (Å²) in [6, 6.07) is 5.13. The van der Waals surface area contributed by atoms with E-state index in [-0.39, 0.29) is 6.04 Å². The maximum absolute atomic E-state index is 12.4. The van der Waals surface area contributed by atoms with Crippen LogP contribution in [0.15, 0.2) is 18.2 Å². The Bertz CT molecular complexity index is 622. The molecule has 6 heteroatoms. The van der Waals surface area contributed by atoms with Gasteiger partial charge in [-0.15, -0.1) is 0 Å². The van der Waals surface area contributed by atoms with Gasteiger partial charge in [-0.2, -0.15) is 0 Å². The Morgan fingerprint density at radius 3 is 2.28 bits per heavy atom. The highest BCUT2D eigenvalue weighted by molar-refractivity contribution is 6.35. The number of methoxy groups -OCH3 is 2. The van der Waals surface area contributed by atoms with Crippen LogP contribution in [-0.2, 0) is 9.59 Å². The normalized spacial score (nSPS) is 21.4. The number of piperidine rings is 1. The van der Waals surface area contributed by atoms with E-state index in [0.29, 0.717) is 36.4 Å². The van der Waals surface area contributed by atoms with Crippen LogP contribution in [0, 0.1) is 11.8 Å². The summed E-state index contributed by atoms with van der Waals surface area (Å²) < 4.78 is 10.5. The number of nitrogens with zero attached hydrogens (tertiary/aromatic N) is 1. The van der Waals surface area contributed by atoms with Crippen molar-refractivity contribution < 1.29 is 19.1 Å². The largest absolute Gasteiger partial charge is 0.493 e. The molecule has 1 aromatic rings. The number of carbonyl (C=O) groups excluding carboxylic acids is 2. The van der Waals surface area contributed by atoms with Crippen molar-refractivity contribution in [1.82, 2.24) is 10.2 Å². The zero-order chi connectivity index (χ0) is 18.6. The van der Waals surface area contributed by atoms with E-state index < -0.39 is 11.8 Å². The summed E-state index contributed by atoms with van der Waals surface area (Å²) in [4.78, 5) is 26.5. The summed E-state index contributed by atoms with van der Waals surface area (Å²) in [6.07, 6.45) is 1.09. The molecule has 1 heterocycles. The second-order valence-electron chi connectivity index (χ2n) is 6.97. The van der Waals surface area contributed by atoms with Gasteiger partial charge in [0, 0.05) is 13.1 Å². The molecule has 0 aliphatic carbocycles. The maximum Gasteiger partial charge on any atom is 0.311 e. The molecule has 25 heavy (non-hydrogen) atoms. The van der Waals surface area contributed by atoms with Crippen LogP contribution in [0.3, 0.4) is 0 Å². The average molecular weight is 348 g/mol. The van der Waals surface area contributed by atoms with E-state index in [1.54, 1.807) is 31.3 Å². The molecule has 1 saturated heterocycles. The van der Waals surface area contributed by atoms with E-state index in [1.165, 1.54) is 0 Å². The van der Waals surface area contributed by atoms with Gasteiger partial charge >= 0.3 is 11.8 Å². The summed E-state index contributed by atoms with van der Waals surface area (Å²) in [5, 5.41) is 2.79. The molecule has 0 bridgehead atoms. The number of nitrogens with one attached hydrogen (secondary N) is 1. The lowest BCUT2D eigenvalue weighted by molar-refractivity contribution is -0.147. The molecule has 138 valence electrons. The van der Waals surface area contributed by atoms with Crippen molar-refractivity contribution in [1.29, 1.82) is 0 Å². The van der Waals surface area contributed by atoms with Gasteiger partial charge in [0.05, 0.1) is 20.3 Å². The van der Waals surface area contributed by atoms with Gasteiger partial charge in [-0.25, -0.2) is 0 Å². The quantitative estimate of drug-likeness (QED) is 0.849. The Balaban J connectivity index is 2.03. The smallest absolute Gasteiger partial charge is 0.311 e. The molecule has 1 aliphatic heterocycles. The van der Waals surface area contributed by atoms with E-state index in [1.807, 2.05) is 13.0 Å². The number of amides is 2. The third-order valence-electron chi connectivity index (χ3n) is 4.61. The van der Waals surface area contributed by atoms with E-state index >= 15 is 0 Å². The van der Waals surface area contributed by atoms with Crippen LogP contribution < -0.4 is 14.8 Å². The van der Waals surface area contributed by atoms with Gasteiger partial charge in [0.25, 0.3) is 0 Å². The molecule has 6 nitrogen and oxygen atoms in total. The van der Waals surface area contributed by atoms with E-state index in [4.69, 9.17) is 9.47 Å². The van der Waals surface area contributed by atoms with Crippen molar-refractivity contribution >= 4 is 11.8 Å². The molecule has 0 aromatic heterocycles. The fraction of sp³-hybridized carbons (Fsp3) is 0.579. The molecule has 2 rings (SSSR count). The Morgan fingerprint density at radius 1 is 1.12 bits per heavy atom. The highest BCUT2D eigenvalue weighted by Crippen LogP contribution is 2.30. The third-order valence-corrected chi connectivity index (χ3v) is 4.61. The Labute approximate surface area is 149 Å². The van der Waals surface area contributed by atoms with Gasteiger partial charge in [0.15, 0.2) is 11.5 Å². The first kappa shape index (κ1) is 19.1. The number of likely N-dealkylation sites (tertiary alicyclic amines) is 1. The molecule has 1 aromatic carbocycles. The van der Waals surface area contributed by atoms with E-state index in [0.717, 1.165) is 12.0 Å². The van der Waals surface area contributed by atoms with Crippen LogP contribution in [-0.4, -0.2) is 44.0 Å². The number of rotatable bonds is 4. The van der Waals surface area contributed by atoms with Crippen molar-refractivity contribution in [3.63, 3.8) is 0 Å². The van der Waals surface area contributed by atoms with Gasteiger partial charge in [-0.05, 0) is 42.9 Å². The Hall–Kier alpha value is -2.24. The van der Waals surface area contributed by atoms with Gasteiger partial charge < -0.3 is 19.7 Å². The first-order valence-electron chi connectivity index (χ1n) is 8.67. The minimum atomic E-state index is -0.566. The SMILES string of the molecule is COc1ccc(C(C)NC(=O)C(=O)N2CC(C)CC(C)C2)cc1OC. The van der Waals surface area contributed by atoms with Gasteiger partial charge in [0.2, 0.25) is 0 Å². The summed E-state index contributed by atoms with van der Waals surface area (Å²) in [6.45, 7) is 7.34. The lowest BCUT2D eigenvalue weighted by Crippen LogP contribution is -2.49. The van der Waals surface area contributed by atoms with Crippen molar-refractivity contribution in [2.45, 2.75) is 33.2 Å². The van der Waals surface area contributed by atoms with Crippen LogP contribution in [0.1, 0.15) is 38.8 Å². The van der Waals surface area contributed by atoms with Gasteiger partial charge in [-0.1, -0.05) is 19.9 Å². The Kier molecular flexibility index (Phi) is 6.28. The number of hydrogen-bond donors (Lipinski definition) is 1. The minimum Gasteiger partial charge on any atom is -0.493 e. The van der Waals surface area contributed by atoms with Crippen LogP contribution in [0.25, 0.3) is 0 Å². The van der Waals surface area contributed by atoms with Crippen molar-refractivity contribution in [3.05, 3.63) is 23.8 Å². The highest BCUT2D eigenvalue weighted by Gasteiger charge is 2.29. The molecule has 3 unspecified atom stereocenters. The first-order valence-corrected chi connectivity index (χ1v) is 8.67. The van der Waals surface area contributed by atoms with Gasteiger partial charge in [0.1, 0.15) is 0 Å². The van der Waals surface area contributed by atoms with E-state index in [9.17, 15) is 9.59 Å². The number of hydrogen-bond acceptors (Lipinski definition) is 4. The van der Waals surface area contributed by atoms with E-state index in [2.05, 4.69) is 19.2 Å². The predicted molar refractivity (Wildman–Crippen MR) is 95.6 cm³/mol. The zero-order valence-corrected chi connectivity index (χ0v) is 15.7. The Morgan fingerprint density at radius 2 is 1.72 bits per heavy atom. The minimum absolute atomic E-state index is 0.309. The molecule has 0 radical (unpaired) electrons. The van der Waals surface area contributed by atoms with Crippen LogP contribution in [0.5, 0.6) is 11.5 Å². The molecule has 2 amide bonds. The van der Waals surface area contributed by atoms with Crippen LogP contribution >= 0.6 is 0 Å². The summed E-state index contributed by atoms with van der Waals surface area (Å²) in [7, 11) is 3.13. The van der Waals surface area contributed by atoms with Gasteiger partial charge in [-0.3, -0.25) is 9.59 Å². The second kappa shape index (κ2) is 8.23. The molecule has 3 atom stereocenters. The molecule has 1 aliphatic rings. The molecule has 1 N–H and O–H groups in total. The molecule has 1 fully saturated rings. The average Bonchev–Trinajstić information content (AvgIpc) is 2.59. The second-order valence-corrected chi connectivity index (χ2v) is 6.97. The number of carbonyl (C=O) groups is 2. The molecule has 0 saturated carbocycles.